The normalized spacial score (nSPS) is 34.6. The standard InChI is InChI=1S/C8H14O4/c9-4-7(11)8(12)5-2-1-3-6(5)10/h4-8,10-12H,1-3H2. The maximum absolute atomic E-state index is 10.1. The molecule has 12 heavy (non-hydrogen) atoms. The highest BCUT2D eigenvalue weighted by Crippen LogP contribution is 2.29. The van der Waals surface area contributed by atoms with E-state index in [1.54, 1.807) is 0 Å². The Morgan fingerprint density at radius 2 is 2.00 bits per heavy atom. The molecule has 1 saturated carbocycles. The molecule has 0 aromatic rings. The Bertz CT molecular complexity index is 159. The lowest BCUT2D eigenvalue weighted by Crippen LogP contribution is -2.38. The lowest BCUT2D eigenvalue weighted by molar-refractivity contribution is -0.124. The van der Waals surface area contributed by atoms with Gasteiger partial charge in [-0.15, -0.1) is 0 Å². The van der Waals surface area contributed by atoms with Crippen LogP contribution in [0, 0.1) is 5.92 Å². The van der Waals surface area contributed by atoms with Crippen molar-refractivity contribution in [2.75, 3.05) is 0 Å². The van der Waals surface area contributed by atoms with Gasteiger partial charge in [-0.1, -0.05) is 6.42 Å². The summed E-state index contributed by atoms with van der Waals surface area (Å²) in [4.78, 5) is 10.1. The summed E-state index contributed by atoms with van der Waals surface area (Å²) in [7, 11) is 0. The molecule has 1 aliphatic carbocycles. The molecule has 0 radical (unpaired) electrons. The van der Waals surface area contributed by atoms with Gasteiger partial charge in [0.05, 0.1) is 12.2 Å². The summed E-state index contributed by atoms with van der Waals surface area (Å²) in [5.41, 5.74) is 0. The molecular weight excluding hydrogens is 160 g/mol. The molecule has 0 aromatic heterocycles. The summed E-state index contributed by atoms with van der Waals surface area (Å²) in [5, 5.41) is 27.6. The molecule has 0 amide bonds. The topological polar surface area (TPSA) is 77.8 Å². The van der Waals surface area contributed by atoms with Crippen molar-refractivity contribution in [3.05, 3.63) is 0 Å². The van der Waals surface area contributed by atoms with Crippen LogP contribution in [0.15, 0.2) is 0 Å². The Morgan fingerprint density at radius 3 is 2.42 bits per heavy atom. The van der Waals surface area contributed by atoms with Gasteiger partial charge in [0.15, 0.2) is 6.29 Å². The Morgan fingerprint density at radius 1 is 1.33 bits per heavy atom. The second-order valence-corrected chi connectivity index (χ2v) is 3.28. The number of aliphatic hydroxyl groups is 3. The first-order chi connectivity index (χ1) is 5.66. The molecule has 4 unspecified atom stereocenters. The third-order valence-electron chi connectivity index (χ3n) is 2.46. The Hall–Kier alpha value is -0.450. The summed E-state index contributed by atoms with van der Waals surface area (Å²) in [6.07, 6.45) is -0.581. The number of hydrogen-bond acceptors (Lipinski definition) is 4. The van der Waals surface area contributed by atoms with Crippen molar-refractivity contribution in [3.63, 3.8) is 0 Å². The fourth-order valence-electron chi connectivity index (χ4n) is 1.70. The highest BCUT2D eigenvalue weighted by Gasteiger charge is 2.34. The number of aldehydes is 1. The maximum atomic E-state index is 10.1. The molecule has 4 heteroatoms. The van der Waals surface area contributed by atoms with Crippen molar-refractivity contribution in [1.82, 2.24) is 0 Å². The van der Waals surface area contributed by atoms with E-state index >= 15 is 0 Å². The molecule has 0 heterocycles. The molecule has 4 atom stereocenters. The van der Waals surface area contributed by atoms with Crippen molar-refractivity contribution >= 4 is 6.29 Å². The van der Waals surface area contributed by atoms with Gasteiger partial charge in [-0.3, -0.25) is 0 Å². The minimum atomic E-state index is -1.36. The second kappa shape index (κ2) is 3.98. The minimum Gasteiger partial charge on any atom is -0.393 e. The van der Waals surface area contributed by atoms with Gasteiger partial charge in [0.25, 0.3) is 0 Å². The summed E-state index contributed by atoms with van der Waals surface area (Å²) >= 11 is 0. The average molecular weight is 174 g/mol. The fraction of sp³-hybridized carbons (Fsp3) is 0.875. The zero-order valence-corrected chi connectivity index (χ0v) is 6.76. The predicted molar refractivity (Wildman–Crippen MR) is 41.4 cm³/mol. The van der Waals surface area contributed by atoms with Gasteiger partial charge in [-0.05, 0) is 12.8 Å². The van der Waals surface area contributed by atoms with Crippen molar-refractivity contribution in [3.8, 4) is 0 Å². The average Bonchev–Trinajstić information content (AvgIpc) is 2.48. The Kier molecular flexibility index (Phi) is 3.20. The Balaban J connectivity index is 2.50. The number of aliphatic hydroxyl groups excluding tert-OH is 3. The van der Waals surface area contributed by atoms with Gasteiger partial charge >= 0.3 is 0 Å². The maximum Gasteiger partial charge on any atom is 0.151 e. The highest BCUT2D eigenvalue weighted by molar-refractivity contribution is 5.56. The molecule has 0 bridgehead atoms. The highest BCUT2D eigenvalue weighted by atomic mass is 16.3. The van der Waals surface area contributed by atoms with E-state index in [0.29, 0.717) is 19.1 Å². The van der Waals surface area contributed by atoms with E-state index < -0.39 is 18.3 Å². The smallest absolute Gasteiger partial charge is 0.151 e. The molecule has 0 spiro atoms. The lowest BCUT2D eigenvalue weighted by atomic mass is 9.95. The van der Waals surface area contributed by atoms with Crippen LogP contribution < -0.4 is 0 Å². The molecule has 1 fully saturated rings. The van der Waals surface area contributed by atoms with Crippen LogP contribution in [-0.4, -0.2) is 39.9 Å². The number of carbonyl (C=O) groups is 1. The summed E-state index contributed by atoms with van der Waals surface area (Å²) in [6.45, 7) is 0. The molecule has 0 aromatic carbocycles. The molecule has 4 nitrogen and oxygen atoms in total. The largest absolute Gasteiger partial charge is 0.393 e. The van der Waals surface area contributed by atoms with Crippen LogP contribution in [-0.2, 0) is 4.79 Å². The van der Waals surface area contributed by atoms with Crippen molar-refractivity contribution < 1.29 is 20.1 Å². The number of rotatable bonds is 3. The van der Waals surface area contributed by atoms with Crippen LogP contribution >= 0.6 is 0 Å². The van der Waals surface area contributed by atoms with Gasteiger partial charge in [0.2, 0.25) is 0 Å². The molecule has 0 aliphatic heterocycles. The van der Waals surface area contributed by atoms with Gasteiger partial charge in [-0.2, -0.15) is 0 Å². The first-order valence-corrected chi connectivity index (χ1v) is 4.16. The quantitative estimate of drug-likeness (QED) is 0.483. The third-order valence-corrected chi connectivity index (χ3v) is 2.46. The van der Waals surface area contributed by atoms with Crippen LogP contribution in [0.1, 0.15) is 19.3 Å². The SMILES string of the molecule is O=CC(O)C(O)C1CCCC1O. The van der Waals surface area contributed by atoms with E-state index in [2.05, 4.69) is 0 Å². The van der Waals surface area contributed by atoms with Gasteiger partial charge in [0, 0.05) is 5.92 Å². The molecule has 3 N–H and O–H groups in total. The second-order valence-electron chi connectivity index (χ2n) is 3.28. The van der Waals surface area contributed by atoms with Crippen LogP contribution in [0.2, 0.25) is 0 Å². The molecule has 70 valence electrons. The minimum absolute atomic E-state index is 0.301. The molecule has 1 rings (SSSR count). The fourth-order valence-corrected chi connectivity index (χ4v) is 1.70. The van der Waals surface area contributed by atoms with E-state index in [-0.39, 0.29) is 5.92 Å². The summed E-state index contributed by atoms with van der Waals surface area (Å²) in [6, 6.07) is 0. The van der Waals surface area contributed by atoms with Crippen LogP contribution in [0.5, 0.6) is 0 Å². The zero-order valence-electron chi connectivity index (χ0n) is 6.76. The van der Waals surface area contributed by atoms with E-state index in [1.165, 1.54) is 0 Å². The lowest BCUT2D eigenvalue weighted by Gasteiger charge is -2.22. The van der Waals surface area contributed by atoms with Crippen LogP contribution in [0.25, 0.3) is 0 Å². The van der Waals surface area contributed by atoms with Gasteiger partial charge in [-0.25, -0.2) is 0 Å². The monoisotopic (exact) mass is 174 g/mol. The summed E-state index contributed by atoms with van der Waals surface area (Å²) in [5.74, 6) is -0.342. The van der Waals surface area contributed by atoms with E-state index in [0.717, 1.165) is 6.42 Å². The number of carbonyl (C=O) groups excluding carboxylic acids is 1. The van der Waals surface area contributed by atoms with Crippen LogP contribution in [0.3, 0.4) is 0 Å². The first kappa shape index (κ1) is 9.64. The van der Waals surface area contributed by atoms with Crippen molar-refractivity contribution in [1.29, 1.82) is 0 Å². The Labute approximate surface area is 70.8 Å². The van der Waals surface area contributed by atoms with Crippen molar-refractivity contribution in [2.24, 2.45) is 5.92 Å². The van der Waals surface area contributed by atoms with Crippen LogP contribution in [0.4, 0.5) is 0 Å². The van der Waals surface area contributed by atoms with Gasteiger partial charge < -0.3 is 20.1 Å². The van der Waals surface area contributed by atoms with E-state index in [4.69, 9.17) is 5.11 Å². The summed E-state index contributed by atoms with van der Waals surface area (Å²) < 4.78 is 0. The molecule has 0 saturated heterocycles. The molecular formula is C8H14O4. The van der Waals surface area contributed by atoms with E-state index in [9.17, 15) is 15.0 Å². The van der Waals surface area contributed by atoms with Crippen molar-refractivity contribution in [2.45, 2.75) is 37.6 Å². The zero-order chi connectivity index (χ0) is 9.14. The molecule has 1 aliphatic rings. The van der Waals surface area contributed by atoms with E-state index in [1.807, 2.05) is 0 Å². The number of hydrogen-bond donors (Lipinski definition) is 3. The first-order valence-electron chi connectivity index (χ1n) is 4.16. The van der Waals surface area contributed by atoms with Gasteiger partial charge in [0.1, 0.15) is 6.10 Å². The predicted octanol–water partition coefficient (Wildman–Crippen LogP) is -0.932. The third kappa shape index (κ3) is 1.83.